The SMILES string of the molecule is CC(C)[Si](C#Cc1cnccc1C#Cc1ccccc1C#Cc1ccncc1C#C[Si](C(C)C)(C(C)C)C(C)C)(C(C)C)C(C)C. The highest BCUT2D eigenvalue weighted by atomic mass is 28.3. The maximum absolute atomic E-state index is 4.39. The summed E-state index contributed by atoms with van der Waals surface area (Å²) in [5.74, 6) is 20.7. The molecule has 1 aromatic carbocycles. The predicted octanol–water partition coefficient (Wildman–Crippen LogP) is 10.4. The monoisotopic (exact) mass is 640 g/mol. The van der Waals surface area contributed by atoms with Gasteiger partial charge in [-0.3, -0.25) is 9.97 Å². The first-order valence-corrected chi connectivity index (χ1v) is 21.3. The van der Waals surface area contributed by atoms with E-state index in [1.165, 1.54) is 0 Å². The Bertz CT molecular complexity index is 1580. The van der Waals surface area contributed by atoms with Crippen molar-refractivity contribution in [1.82, 2.24) is 9.97 Å². The minimum absolute atomic E-state index is 0.564. The van der Waals surface area contributed by atoms with Crippen molar-refractivity contribution in [2.45, 2.75) is 116 Å². The quantitative estimate of drug-likeness (QED) is 0.198. The van der Waals surface area contributed by atoms with Crippen LogP contribution in [-0.4, -0.2) is 26.1 Å². The van der Waals surface area contributed by atoms with Crippen LogP contribution in [0.4, 0.5) is 0 Å². The molecule has 2 nitrogen and oxygen atoms in total. The summed E-state index contributed by atoms with van der Waals surface area (Å²) in [5.41, 5.74) is 16.4. The zero-order valence-corrected chi connectivity index (χ0v) is 32.1. The largest absolute Gasteiger partial charge is 0.263 e. The highest BCUT2D eigenvalue weighted by molar-refractivity contribution is 6.91. The Balaban J connectivity index is 2.04. The number of hydrogen-bond acceptors (Lipinski definition) is 2. The molecule has 0 amide bonds. The Morgan fingerprint density at radius 3 is 0.957 bits per heavy atom. The van der Waals surface area contributed by atoms with Crippen LogP contribution >= 0.6 is 0 Å². The maximum atomic E-state index is 4.39. The molecule has 2 aromatic heterocycles. The molecule has 0 aliphatic rings. The fourth-order valence-corrected chi connectivity index (χ4v) is 17.8. The lowest BCUT2D eigenvalue weighted by Crippen LogP contribution is -2.43. The van der Waals surface area contributed by atoms with Crippen molar-refractivity contribution < 1.29 is 0 Å². The number of aromatic nitrogens is 2. The van der Waals surface area contributed by atoms with Crippen molar-refractivity contribution in [3.8, 4) is 46.6 Å². The fraction of sp³-hybridized carbons (Fsp3) is 0.429. The van der Waals surface area contributed by atoms with E-state index >= 15 is 0 Å². The van der Waals surface area contributed by atoms with E-state index in [-0.39, 0.29) is 0 Å². The first kappa shape index (κ1) is 36.7. The van der Waals surface area contributed by atoms with Crippen LogP contribution in [0.15, 0.2) is 61.2 Å². The third kappa shape index (κ3) is 8.12. The van der Waals surface area contributed by atoms with Crippen LogP contribution in [0.25, 0.3) is 0 Å². The molecule has 2 heterocycles. The Kier molecular flexibility index (Phi) is 12.9. The first-order chi connectivity index (χ1) is 21.8. The van der Waals surface area contributed by atoms with Gasteiger partial charge in [0.1, 0.15) is 16.1 Å². The van der Waals surface area contributed by atoms with Crippen LogP contribution in [0.1, 0.15) is 116 Å². The van der Waals surface area contributed by atoms with Crippen LogP contribution in [-0.2, 0) is 0 Å². The summed E-state index contributed by atoms with van der Waals surface area (Å²) in [7, 11) is -3.76. The molecule has 0 aliphatic carbocycles. The van der Waals surface area contributed by atoms with Crippen LogP contribution in [0, 0.1) is 46.6 Å². The number of nitrogens with zero attached hydrogens (tertiary/aromatic N) is 2. The molecule has 0 radical (unpaired) electrons. The van der Waals surface area contributed by atoms with E-state index in [0.717, 1.165) is 33.4 Å². The van der Waals surface area contributed by atoms with Gasteiger partial charge >= 0.3 is 0 Å². The van der Waals surface area contributed by atoms with Crippen LogP contribution in [0.2, 0.25) is 33.2 Å². The zero-order chi connectivity index (χ0) is 34.1. The average Bonchev–Trinajstić information content (AvgIpc) is 3.00. The van der Waals surface area contributed by atoms with Gasteiger partial charge in [-0.05, 0) is 57.5 Å². The number of benzene rings is 1. The van der Waals surface area contributed by atoms with Gasteiger partial charge in [0.05, 0.1) is 11.1 Å². The number of rotatable bonds is 6. The van der Waals surface area contributed by atoms with Crippen molar-refractivity contribution in [2.24, 2.45) is 0 Å². The Labute approximate surface area is 282 Å². The van der Waals surface area contributed by atoms with Gasteiger partial charge in [0.2, 0.25) is 0 Å². The molecule has 0 N–H and O–H groups in total. The van der Waals surface area contributed by atoms with Crippen LogP contribution < -0.4 is 0 Å². The van der Waals surface area contributed by atoms with E-state index < -0.39 is 16.1 Å². The normalized spacial score (nSPS) is 11.5. The second kappa shape index (κ2) is 16.1. The average molecular weight is 641 g/mol. The van der Waals surface area contributed by atoms with E-state index in [0.29, 0.717) is 33.2 Å². The third-order valence-electron chi connectivity index (χ3n) is 9.79. The predicted molar refractivity (Wildman–Crippen MR) is 203 cm³/mol. The van der Waals surface area contributed by atoms with Crippen molar-refractivity contribution in [3.63, 3.8) is 0 Å². The lowest BCUT2D eigenvalue weighted by Gasteiger charge is -2.38. The summed E-state index contributed by atoms with van der Waals surface area (Å²) >= 11 is 0. The molecule has 0 spiro atoms. The lowest BCUT2D eigenvalue weighted by molar-refractivity contribution is 0.838. The first-order valence-electron chi connectivity index (χ1n) is 16.8. The standard InChI is InChI=1S/C42H52N2Si2/c1-31(2)45(32(3)4,33(5)6)27-23-41-29-43-25-21-39(41)19-17-37-15-13-14-16-38(37)18-20-40-22-26-44-30-42(40)24-28-46(34(7)8,35(9)10)36(11)12/h13-16,21-22,25-26,29-36H,1-12H3. The smallest absolute Gasteiger partial charge is 0.146 e. The highest BCUT2D eigenvalue weighted by Crippen LogP contribution is 2.41. The van der Waals surface area contributed by atoms with Gasteiger partial charge in [0.15, 0.2) is 0 Å². The van der Waals surface area contributed by atoms with Crippen molar-refractivity contribution in [3.05, 3.63) is 94.6 Å². The summed E-state index contributed by atoms with van der Waals surface area (Å²) in [4.78, 5) is 8.78. The third-order valence-corrected chi connectivity index (χ3v) is 22.4. The second-order valence-corrected chi connectivity index (χ2v) is 25.3. The molecule has 0 aliphatic heterocycles. The van der Waals surface area contributed by atoms with E-state index in [1.54, 1.807) is 12.4 Å². The van der Waals surface area contributed by atoms with Gasteiger partial charge in [-0.25, -0.2) is 0 Å². The molecule has 46 heavy (non-hydrogen) atoms. The molecule has 238 valence electrons. The van der Waals surface area contributed by atoms with Crippen molar-refractivity contribution in [1.29, 1.82) is 0 Å². The van der Waals surface area contributed by atoms with Crippen molar-refractivity contribution in [2.75, 3.05) is 0 Å². The summed E-state index contributed by atoms with van der Waals surface area (Å²) in [6.07, 6.45) is 7.29. The second-order valence-electron chi connectivity index (χ2n) is 14.2. The summed E-state index contributed by atoms with van der Waals surface area (Å²) in [6, 6.07) is 12.0. The summed E-state index contributed by atoms with van der Waals surface area (Å²) < 4.78 is 0. The maximum Gasteiger partial charge on any atom is 0.146 e. The highest BCUT2D eigenvalue weighted by Gasteiger charge is 2.42. The van der Waals surface area contributed by atoms with Gasteiger partial charge in [-0.15, -0.1) is 11.1 Å². The van der Waals surface area contributed by atoms with E-state index in [1.807, 2.05) is 48.8 Å². The van der Waals surface area contributed by atoms with Gasteiger partial charge < -0.3 is 0 Å². The molecular formula is C42H52N2Si2. The van der Waals surface area contributed by atoms with Gasteiger partial charge in [0.25, 0.3) is 0 Å². The van der Waals surface area contributed by atoms with E-state index in [2.05, 4.69) is 140 Å². The molecule has 0 saturated heterocycles. The van der Waals surface area contributed by atoms with E-state index in [4.69, 9.17) is 0 Å². The van der Waals surface area contributed by atoms with Gasteiger partial charge in [0, 0.05) is 47.0 Å². The van der Waals surface area contributed by atoms with Crippen LogP contribution in [0.5, 0.6) is 0 Å². The Morgan fingerprint density at radius 2 is 0.674 bits per heavy atom. The summed E-state index contributed by atoms with van der Waals surface area (Å²) in [5, 5.41) is 0. The molecule has 3 rings (SSSR count). The molecule has 0 saturated carbocycles. The molecule has 0 unspecified atom stereocenters. The molecular weight excluding hydrogens is 589 g/mol. The molecule has 0 bridgehead atoms. The minimum atomic E-state index is -1.88. The number of hydrogen-bond donors (Lipinski definition) is 0. The lowest BCUT2D eigenvalue weighted by atomic mass is 10.1. The van der Waals surface area contributed by atoms with E-state index in [9.17, 15) is 0 Å². The minimum Gasteiger partial charge on any atom is -0.263 e. The van der Waals surface area contributed by atoms with Gasteiger partial charge in [-0.2, -0.15) is 0 Å². The molecule has 4 heteroatoms. The number of pyridine rings is 2. The van der Waals surface area contributed by atoms with Crippen molar-refractivity contribution >= 4 is 16.1 Å². The molecule has 0 fully saturated rings. The summed E-state index contributed by atoms with van der Waals surface area (Å²) in [6.45, 7) is 28.0. The molecule has 3 aromatic rings. The Morgan fingerprint density at radius 1 is 0.391 bits per heavy atom. The zero-order valence-electron chi connectivity index (χ0n) is 30.1. The Hall–Kier alpha value is -3.81. The van der Waals surface area contributed by atoms with Gasteiger partial charge in [-0.1, -0.05) is 131 Å². The van der Waals surface area contributed by atoms with Crippen LogP contribution in [0.3, 0.4) is 0 Å². The fourth-order valence-electron chi connectivity index (χ4n) is 7.39. The molecule has 0 atom stereocenters. The topological polar surface area (TPSA) is 25.8 Å².